The summed E-state index contributed by atoms with van der Waals surface area (Å²) in [6.07, 6.45) is -0.744. The molecule has 4 heteroatoms. The first-order valence-electron chi connectivity index (χ1n) is 3.83. The minimum absolute atomic E-state index is 0.347. The van der Waals surface area contributed by atoms with E-state index in [0.717, 1.165) is 5.56 Å². The van der Waals surface area contributed by atoms with Gasteiger partial charge >= 0.3 is 6.09 Å². The molecule has 0 heterocycles. The monoisotopic (exact) mass is 183 g/mol. The Labute approximate surface area is 75.5 Å². The summed E-state index contributed by atoms with van der Waals surface area (Å²) in [5.74, 6) is 0. The maximum atomic E-state index is 11.5. The van der Waals surface area contributed by atoms with Crippen molar-refractivity contribution in [2.75, 3.05) is 6.86 Å². The molecule has 1 N–H and O–H groups in total. The molecule has 0 fully saturated rings. The third kappa shape index (κ3) is 3.55. The summed E-state index contributed by atoms with van der Waals surface area (Å²) in [5.41, 5.74) is 0.943. The Morgan fingerprint density at radius 1 is 1.38 bits per heavy atom. The molecule has 0 aliphatic rings. The largest absolute Gasteiger partial charge is 0.418 e. The fourth-order valence-corrected chi connectivity index (χ4v) is 0.871. The molecule has 0 saturated heterocycles. The van der Waals surface area contributed by atoms with Crippen LogP contribution in [-0.4, -0.2) is 13.0 Å². The lowest BCUT2D eigenvalue weighted by Crippen LogP contribution is -2.23. The van der Waals surface area contributed by atoms with Crippen molar-refractivity contribution in [3.63, 3.8) is 0 Å². The Balaban J connectivity index is 2.31. The summed E-state index contributed by atoms with van der Waals surface area (Å²) in [7, 11) is 0. The number of amides is 1. The number of alkyl halides is 1. The average molecular weight is 183 g/mol. The Hall–Kier alpha value is -1.58. The molecule has 3 nitrogen and oxygen atoms in total. The van der Waals surface area contributed by atoms with Crippen molar-refractivity contribution in [2.24, 2.45) is 0 Å². The first-order valence-corrected chi connectivity index (χ1v) is 3.83. The fraction of sp³-hybridized carbons (Fsp3) is 0.222. The lowest BCUT2D eigenvalue weighted by Gasteiger charge is -2.03. The highest BCUT2D eigenvalue weighted by molar-refractivity contribution is 5.66. The van der Waals surface area contributed by atoms with Crippen molar-refractivity contribution in [2.45, 2.75) is 6.54 Å². The van der Waals surface area contributed by atoms with Crippen LogP contribution < -0.4 is 5.32 Å². The molecule has 0 unspecified atom stereocenters. The van der Waals surface area contributed by atoms with Gasteiger partial charge in [0.1, 0.15) is 0 Å². The molecule has 0 spiro atoms. The van der Waals surface area contributed by atoms with E-state index in [-0.39, 0.29) is 0 Å². The van der Waals surface area contributed by atoms with Gasteiger partial charge in [0.05, 0.1) is 0 Å². The predicted molar refractivity (Wildman–Crippen MR) is 45.7 cm³/mol. The average Bonchev–Trinajstić information content (AvgIpc) is 2.17. The first kappa shape index (κ1) is 9.51. The van der Waals surface area contributed by atoms with Crippen molar-refractivity contribution in [3.05, 3.63) is 35.9 Å². The number of carbonyl (C=O) groups excluding carboxylic acids is 1. The summed E-state index contributed by atoms with van der Waals surface area (Å²) in [6, 6.07) is 9.31. The van der Waals surface area contributed by atoms with Crippen LogP contribution in [0, 0.1) is 0 Å². The Morgan fingerprint density at radius 3 is 2.69 bits per heavy atom. The highest BCUT2D eigenvalue weighted by Gasteiger charge is 1.99. The third-order valence-electron chi connectivity index (χ3n) is 1.47. The number of rotatable bonds is 3. The van der Waals surface area contributed by atoms with Gasteiger partial charge in [0.2, 0.25) is 6.86 Å². The minimum atomic E-state index is -1.10. The summed E-state index contributed by atoms with van der Waals surface area (Å²) in [6.45, 7) is -0.750. The second-order valence-electron chi connectivity index (χ2n) is 2.38. The van der Waals surface area contributed by atoms with Crippen LogP contribution in [0.25, 0.3) is 0 Å². The van der Waals surface area contributed by atoms with E-state index in [1.54, 1.807) is 0 Å². The lowest BCUT2D eigenvalue weighted by molar-refractivity contribution is 0.0979. The molecular weight excluding hydrogens is 173 g/mol. The van der Waals surface area contributed by atoms with Gasteiger partial charge < -0.3 is 10.1 Å². The molecule has 0 saturated carbocycles. The van der Waals surface area contributed by atoms with E-state index in [2.05, 4.69) is 10.1 Å². The molecule has 13 heavy (non-hydrogen) atoms. The molecule has 70 valence electrons. The Kier molecular flexibility index (Phi) is 3.75. The molecule has 0 aliphatic heterocycles. The Morgan fingerprint density at radius 2 is 2.08 bits per heavy atom. The summed E-state index contributed by atoms with van der Waals surface area (Å²) < 4.78 is 15.5. The van der Waals surface area contributed by atoms with Crippen molar-refractivity contribution < 1.29 is 13.9 Å². The van der Waals surface area contributed by atoms with Crippen LogP contribution >= 0.6 is 0 Å². The molecule has 0 aromatic heterocycles. The van der Waals surface area contributed by atoms with Crippen LogP contribution in [0.5, 0.6) is 0 Å². The molecule has 0 radical (unpaired) electrons. The van der Waals surface area contributed by atoms with Gasteiger partial charge in [-0.1, -0.05) is 30.3 Å². The summed E-state index contributed by atoms with van der Waals surface area (Å²) >= 11 is 0. The highest BCUT2D eigenvalue weighted by atomic mass is 19.1. The minimum Gasteiger partial charge on any atom is -0.418 e. The van der Waals surface area contributed by atoms with E-state index < -0.39 is 13.0 Å². The van der Waals surface area contributed by atoms with Crippen molar-refractivity contribution in [1.82, 2.24) is 5.32 Å². The van der Waals surface area contributed by atoms with Gasteiger partial charge in [0.25, 0.3) is 0 Å². The van der Waals surface area contributed by atoms with Gasteiger partial charge in [-0.25, -0.2) is 9.18 Å². The normalized spacial score (nSPS) is 9.31. The van der Waals surface area contributed by atoms with Crippen LogP contribution in [-0.2, 0) is 11.3 Å². The number of carbonyl (C=O) groups is 1. The standard InChI is InChI=1S/C9H10FNO2/c10-7-13-9(12)11-6-8-4-2-1-3-5-8/h1-5H,6-7H2,(H,11,12). The first-order chi connectivity index (χ1) is 6.33. The maximum Gasteiger partial charge on any atom is 0.409 e. The predicted octanol–water partition coefficient (Wildman–Crippen LogP) is 1.84. The number of benzene rings is 1. The fourth-order valence-electron chi connectivity index (χ4n) is 0.871. The van der Waals surface area contributed by atoms with Gasteiger partial charge in [-0.15, -0.1) is 0 Å². The molecule has 1 aromatic carbocycles. The van der Waals surface area contributed by atoms with Crippen molar-refractivity contribution >= 4 is 6.09 Å². The number of hydrogen-bond acceptors (Lipinski definition) is 2. The third-order valence-corrected chi connectivity index (χ3v) is 1.47. The zero-order valence-electron chi connectivity index (χ0n) is 7.00. The van der Waals surface area contributed by atoms with E-state index >= 15 is 0 Å². The maximum absolute atomic E-state index is 11.5. The van der Waals surface area contributed by atoms with Crippen LogP contribution in [0.1, 0.15) is 5.56 Å². The van der Waals surface area contributed by atoms with Gasteiger partial charge in [-0.2, -0.15) is 0 Å². The topological polar surface area (TPSA) is 38.3 Å². The second kappa shape index (κ2) is 5.13. The number of halogens is 1. The van der Waals surface area contributed by atoms with Crippen molar-refractivity contribution in [3.8, 4) is 0 Å². The molecule has 0 aliphatic carbocycles. The summed E-state index contributed by atoms with van der Waals surface area (Å²) in [4.78, 5) is 10.6. The van der Waals surface area contributed by atoms with Gasteiger partial charge in [0, 0.05) is 6.54 Å². The van der Waals surface area contributed by atoms with Gasteiger partial charge in [-0.05, 0) is 5.56 Å². The summed E-state index contributed by atoms with van der Waals surface area (Å²) in [5, 5.41) is 2.40. The number of nitrogens with one attached hydrogen (secondary N) is 1. The highest BCUT2D eigenvalue weighted by Crippen LogP contribution is 1.97. The smallest absolute Gasteiger partial charge is 0.409 e. The Bertz CT molecular complexity index is 264. The van der Waals surface area contributed by atoms with Crippen LogP contribution in [0.3, 0.4) is 0 Å². The number of alkyl carbamates (subject to hydrolysis) is 1. The molecule has 1 rings (SSSR count). The van der Waals surface area contributed by atoms with Gasteiger partial charge in [0.15, 0.2) is 0 Å². The van der Waals surface area contributed by atoms with E-state index in [9.17, 15) is 9.18 Å². The zero-order chi connectivity index (χ0) is 9.52. The van der Waals surface area contributed by atoms with Crippen LogP contribution in [0.15, 0.2) is 30.3 Å². The van der Waals surface area contributed by atoms with Crippen LogP contribution in [0.2, 0.25) is 0 Å². The second-order valence-corrected chi connectivity index (χ2v) is 2.38. The molecular formula is C9H10FNO2. The van der Waals surface area contributed by atoms with E-state index in [1.165, 1.54) is 0 Å². The molecule has 0 atom stereocenters. The van der Waals surface area contributed by atoms with Gasteiger partial charge in [-0.3, -0.25) is 0 Å². The van der Waals surface area contributed by atoms with E-state index in [1.807, 2.05) is 30.3 Å². The quantitative estimate of drug-likeness (QED) is 0.776. The number of ether oxygens (including phenoxy) is 1. The molecule has 0 bridgehead atoms. The molecule has 1 aromatic rings. The lowest BCUT2D eigenvalue weighted by atomic mass is 10.2. The zero-order valence-corrected chi connectivity index (χ0v) is 7.00. The van der Waals surface area contributed by atoms with Crippen molar-refractivity contribution in [1.29, 1.82) is 0 Å². The molecule has 1 amide bonds. The van der Waals surface area contributed by atoms with E-state index in [4.69, 9.17) is 0 Å². The van der Waals surface area contributed by atoms with Crippen LogP contribution in [0.4, 0.5) is 9.18 Å². The van der Waals surface area contributed by atoms with E-state index in [0.29, 0.717) is 6.54 Å². The number of hydrogen-bond donors (Lipinski definition) is 1. The SMILES string of the molecule is O=C(NCc1ccccc1)OCF.